The average Bonchev–Trinajstić information content (AvgIpc) is 3.11. The summed E-state index contributed by atoms with van der Waals surface area (Å²) in [6, 6.07) is 10.5. The van der Waals surface area contributed by atoms with Gasteiger partial charge in [0.05, 0.1) is 36.0 Å². The second kappa shape index (κ2) is 16.9. The number of benzene rings is 2. The Morgan fingerprint density at radius 3 is 2.27 bits per heavy atom. The number of fused-ring (bicyclic) bond motifs is 1. The first-order chi connectivity index (χ1) is 26.0. The number of ether oxygens (including phenoxy) is 2. The fourth-order valence-electron chi connectivity index (χ4n) is 5.74. The van der Waals surface area contributed by atoms with Crippen LogP contribution in [0, 0.1) is 0 Å². The first-order valence-electron chi connectivity index (χ1n) is 17.2. The van der Waals surface area contributed by atoms with E-state index in [0.29, 0.717) is 45.3 Å². The molecule has 1 amide bonds. The Morgan fingerprint density at radius 2 is 1.64 bits per heavy atom. The summed E-state index contributed by atoms with van der Waals surface area (Å²) in [5.74, 6) is -2.31. The lowest BCUT2D eigenvalue weighted by atomic mass is 10.1. The minimum atomic E-state index is -6.19. The summed E-state index contributed by atoms with van der Waals surface area (Å²) in [7, 11) is -11.3. The lowest BCUT2D eigenvalue weighted by Gasteiger charge is -2.31. The fourth-order valence-corrected chi connectivity index (χ4v) is 8.82. The van der Waals surface area contributed by atoms with E-state index < -0.39 is 82.9 Å². The largest absolute Gasteiger partial charge is 0.501 e. The molecule has 2 aromatic carbocycles. The number of hydrogen-bond acceptors (Lipinski definition) is 12. The number of morpholine rings is 1. The van der Waals surface area contributed by atoms with E-state index in [1.807, 2.05) is 22.9 Å². The zero-order valence-electron chi connectivity index (χ0n) is 30.4. The number of anilines is 2. The summed E-state index contributed by atoms with van der Waals surface area (Å²) in [6.45, 7) is 6.85. The Bertz CT molecular complexity index is 2100. The molecule has 5 rings (SSSR count). The Morgan fingerprint density at radius 1 is 0.964 bits per heavy atom. The Hall–Kier alpha value is -3.86. The van der Waals surface area contributed by atoms with Gasteiger partial charge >= 0.3 is 17.8 Å². The van der Waals surface area contributed by atoms with Crippen LogP contribution < -0.4 is 10.0 Å². The molecule has 2 aliphatic rings. The van der Waals surface area contributed by atoms with Crippen molar-refractivity contribution in [2.45, 2.75) is 78.2 Å². The number of sulfonamides is 1. The second-order valence-electron chi connectivity index (χ2n) is 13.9. The van der Waals surface area contributed by atoms with Gasteiger partial charge in [0.25, 0.3) is 19.9 Å². The Kier molecular flexibility index (Phi) is 13.1. The molecule has 0 bridgehead atoms. The van der Waals surface area contributed by atoms with Gasteiger partial charge in [-0.1, -0.05) is 18.2 Å². The number of carbonyl (C=O) groups excluding carboxylic acids is 1. The number of nitrogens with zero attached hydrogens (tertiary/aromatic N) is 4. The van der Waals surface area contributed by atoms with E-state index in [2.05, 4.69) is 20.2 Å². The predicted molar refractivity (Wildman–Crippen MR) is 194 cm³/mol. The Labute approximate surface area is 324 Å². The van der Waals surface area contributed by atoms with Crippen molar-refractivity contribution in [1.82, 2.24) is 19.8 Å². The molecule has 0 radical (unpaired) electrons. The molecule has 3 heterocycles. The van der Waals surface area contributed by atoms with Crippen molar-refractivity contribution < 1.29 is 57.4 Å². The van der Waals surface area contributed by atoms with Crippen LogP contribution >= 0.6 is 11.8 Å². The number of amides is 1. The van der Waals surface area contributed by atoms with Gasteiger partial charge in [-0.2, -0.15) is 26.3 Å². The van der Waals surface area contributed by atoms with E-state index in [0.717, 1.165) is 21.9 Å². The Balaban J connectivity index is 1.49. The summed E-state index contributed by atoms with van der Waals surface area (Å²) < 4.78 is 150. The van der Waals surface area contributed by atoms with Gasteiger partial charge in [0.15, 0.2) is 0 Å². The standard InChI is InChI=1S/C34H40F6N6O7S3/c1-32(2,3)53-31(47)46-14-12-25-27(20-46)42-30(33(35,36)37)43-29(25)44-56(50,51)24-9-10-26(28(19-24)55(48,49)34(38,39)40)41-22(11-13-45-15-17-52-18-16-45)21-54-23-7-5-4-6-8-23/h4-10,19,22,41H,11-18,20-21H2,1-3H3,(H,42,43,44)/t22-/m1/s1. The van der Waals surface area contributed by atoms with Crippen molar-refractivity contribution in [3.63, 3.8) is 0 Å². The highest BCUT2D eigenvalue weighted by molar-refractivity contribution is 7.99. The summed E-state index contributed by atoms with van der Waals surface area (Å²) >= 11 is 1.38. The van der Waals surface area contributed by atoms with Crippen LogP contribution in [0.4, 0.5) is 42.6 Å². The third-order valence-corrected chi connectivity index (χ3v) is 12.5. The van der Waals surface area contributed by atoms with E-state index in [9.17, 15) is 48.0 Å². The first-order valence-corrected chi connectivity index (χ1v) is 21.2. The predicted octanol–water partition coefficient (Wildman–Crippen LogP) is 6.18. The van der Waals surface area contributed by atoms with Crippen molar-refractivity contribution in [1.29, 1.82) is 0 Å². The van der Waals surface area contributed by atoms with Gasteiger partial charge in [0.1, 0.15) is 16.3 Å². The topological polar surface area (TPSA) is 160 Å². The van der Waals surface area contributed by atoms with E-state index >= 15 is 0 Å². The highest BCUT2D eigenvalue weighted by atomic mass is 32.2. The summed E-state index contributed by atoms with van der Waals surface area (Å²) in [5, 5.41) is 2.90. The minimum Gasteiger partial charge on any atom is -0.444 e. The number of sulfone groups is 1. The van der Waals surface area contributed by atoms with Crippen molar-refractivity contribution in [2.75, 3.05) is 55.2 Å². The van der Waals surface area contributed by atoms with Gasteiger partial charge < -0.3 is 19.7 Å². The molecule has 1 fully saturated rings. The summed E-state index contributed by atoms with van der Waals surface area (Å²) in [5.41, 5.74) is -7.77. The quantitative estimate of drug-likeness (QED) is 0.158. The molecule has 0 saturated carbocycles. The van der Waals surface area contributed by atoms with Crippen molar-refractivity contribution in [2.24, 2.45) is 0 Å². The van der Waals surface area contributed by atoms with Gasteiger partial charge in [-0.15, -0.1) is 11.8 Å². The van der Waals surface area contributed by atoms with Crippen molar-refractivity contribution >= 4 is 49.2 Å². The zero-order valence-corrected chi connectivity index (χ0v) is 32.9. The molecule has 13 nitrogen and oxygen atoms in total. The number of halogens is 6. The third-order valence-electron chi connectivity index (χ3n) is 8.51. The molecule has 1 saturated heterocycles. The third kappa shape index (κ3) is 11.0. The lowest BCUT2D eigenvalue weighted by Crippen LogP contribution is -2.41. The van der Waals surface area contributed by atoms with Gasteiger partial charge in [-0.25, -0.2) is 31.6 Å². The van der Waals surface area contributed by atoms with Crippen molar-refractivity contribution in [3.05, 3.63) is 65.6 Å². The number of aromatic nitrogens is 2. The maximum Gasteiger partial charge on any atom is 0.501 e. The van der Waals surface area contributed by atoms with Crippen LogP contribution in [0.2, 0.25) is 0 Å². The highest BCUT2D eigenvalue weighted by Crippen LogP contribution is 2.38. The summed E-state index contributed by atoms with van der Waals surface area (Å²) in [4.78, 5) is 21.2. The number of alkyl halides is 6. The first kappa shape index (κ1) is 43.3. The van der Waals surface area contributed by atoms with Gasteiger partial charge in [0.2, 0.25) is 5.82 Å². The molecule has 22 heteroatoms. The molecule has 0 aliphatic carbocycles. The van der Waals surface area contributed by atoms with Crippen molar-refractivity contribution in [3.8, 4) is 0 Å². The number of nitrogens with one attached hydrogen (secondary N) is 2. The van der Waals surface area contributed by atoms with Crippen LogP contribution in [0.5, 0.6) is 0 Å². The van der Waals surface area contributed by atoms with E-state index in [4.69, 9.17) is 9.47 Å². The van der Waals surface area contributed by atoms with Gasteiger partial charge in [0, 0.05) is 48.4 Å². The van der Waals surface area contributed by atoms with Gasteiger partial charge in [-0.05, 0) is 63.9 Å². The maximum absolute atomic E-state index is 14.1. The molecular weight excluding hydrogens is 815 g/mol. The SMILES string of the molecule is CC(C)(C)OC(=O)N1CCc2c(nc(C(F)(F)F)nc2NS(=O)(=O)c2ccc(N[C@H](CCN3CCOCC3)CSc3ccccc3)c(S(=O)(=O)C(F)(F)F)c2)C1. The second-order valence-corrected chi connectivity index (χ2v) is 18.6. The minimum absolute atomic E-state index is 0.109. The van der Waals surface area contributed by atoms with E-state index in [-0.39, 0.29) is 30.0 Å². The van der Waals surface area contributed by atoms with E-state index in [1.54, 1.807) is 32.9 Å². The van der Waals surface area contributed by atoms with Crippen LogP contribution in [0.1, 0.15) is 44.3 Å². The highest BCUT2D eigenvalue weighted by Gasteiger charge is 2.48. The molecule has 2 aliphatic heterocycles. The van der Waals surface area contributed by atoms with E-state index in [1.165, 1.54) is 11.8 Å². The molecule has 308 valence electrons. The molecule has 3 aromatic rings. The van der Waals surface area contributed by atoms with Crippen LogP contribution in [0.15, 0.2) is 63.2 Å². The molecule has 0 spiro atoms. The number of hydrogen-bond donors (Lipinski definition) is 2. The zero-order chi connectivity index (χ0) is 41.1. The molecule has 1 atom stereocenters. The number of rotatable bonds is 12. The maximum atomic E-state index is 14.1. The molecule has 1 aromatic heterocycles. The monoisotopic (exact) mass is 854 g/mol. The van der Waals surface area contributed by atoms with Crippen LogP contribution in [-0.4, -0.2) is 105 Å². The molecule has 56 heavy (non-hydrogen) atoms. The normalized spacial score (nSPS) is 16.6. The van der Waals surface area contributed by atoms with Crippen LogP contribution in [-0.2, 0) is 48.5 Å². The number of thioether (sulfide) groups is 1. The molecule has 2 N–H and O–H groups in total. The smallest absolute Gasteiger partial charge is 0.444 e. The van der Waals surface area contributed by atoms with Crippen LogP contribution in [0.25, 0.3) is 0 Å². The van der Waals surface area contributed by atoms with Gasteiger partial charge in [-0.3, -0.25) is 9.62 Å². The lowest BCUT2D eigenvalue weighted by molar-refractivity contribution is -0.145. The fraction of sp³-hybridized carbons (Fsp3) is 0.500. The number of carbonyl (C=O) groups is 1. The van der Waals surface area contributed by atoms with Crippen LogP contribution in [0.3, 0.4) is 0 Å². The average molecular weight is 855 g/mol. The molecular formula is C34H40F6N6O7S3. The molecule has 0 unspecified atom stereocenters. The summed E-state index contributed by atoms with van der Waals surface area (Å²) in [6.07, 6.45) is -5.90.